The monoisotopic (exact) mass is 431 g/mol. The highest BCUT2D eigenvalue weighted by molar-refractivity contribution is 7.22. The topological polar surface area (TPSA) is 120 Å². The lowest BCUT2D eigenvalue weighted by Crippen LogP contribution is -2.19. The first-order valence-electron chi connectivity index (χ1n) is 9.58. The second-order valence-electron chi connectivity index (χ2n) is 6.96. The van der Waals surface area contributed by atoms with Crippen LogP contribution in [0.15, 0.2) is 59.7 Å². The number of benzene rings is 2. The highest BCUT2D eigenvalue weighted by Crippen LogP contribution is 2.30. The van der Waals surface area contributed by atoms with E-state index >= 15 is 0 Å². The van der Waals surface area contributed by atoms with Crippen LogP contribution in [0.3, 0.4) is 0 Å². The summed E-state index contributed by atoms with van der Waals surface area (Å²) in [5.41, 5.74) is 7.54. The molecule has 1 aliphatic heterocycles. The minimum Gasteiger partial charge on any atom is -0.505 e. The zero-order valence-corrected chi connectivity index (χ0v) is 17.0. The average Bonchev–Trinajstić information content (AvgIpc) is 3.20. The Kier molecular flexibility index (Phi) is 4.72. The third kappa shape index (κ3) is 3.66. The highest BCUT2D eigenvalue weighted by Gasteiger charge is 2.18. The maximum absolute atomic E-state index is 11.3. The van der Waals surface area contributed by atoms with Gasteiger partial charge in [-0.05, 0) is 36.4 Å². The van der Waals surface area contributed by atoms with Crippen LogP contribution in [0.25, 0.3) is 21.5 Å². The predicted molar refractivity (Wildman–Crippen MR) is 121 cm³/mol. The summed E-state index contributed by atoms with van der Waals surface area (Å²) in [5.74, 6) is -1.64. The number of rotatable bonds is 4. The standard InChI is InChI=1S/C22H17N5O3S/c28-18-8-7-14(24-20(18)21(29)30)12-5-6-15-13(11-12)16(9-10-23-15)26-27-22-25-17-3-1-2-4-19(17)31-22/h1-8,11,23,28H,9-10H2,(H,25,27)(H,29,30)/b26-16+. The molecule has 0 saturated heterocycles. The van der Waals surface area contributed by atoms with Gasteiger partial charge in [-0.3, -0.25) is 5.43 Å². The van der Waals surface area contributed by atoms with E-state index in [1.165, 1.54) is 17.4 Å². The molecule has 0 saturated carbocycles. The molecule has 0 bridgehead atoms. The molecule has 4 N–H and O–H groups in total. The zero-order valence-electron chi connectivity index (χ0n) is 16.2. The molecule has 1 aliphatic rings. The largest absolute Gasteiger partial charge is 0.505 e. The molecule has 31 heavy (non-hydrogen) atoms. The molecule has 8 nitrogen and oxygen atoms in total. The molecular formula is C22H17N5O3S. The molecule has 0 aliphatic carbocycles. The van der Waals surface area contributed by atoms with Crippen molar-refractivity contribution >= 4 is 44.1 Å². The van der Waals surface area contributed by atoms with Crippen LogP contribution in [-0.2, 0) is 0 Å². The molecule has 2 aromatic heterocycles. The normalized spacial score (nSPS) is 14.3. The Morgan fingerprint density at radius 2 is 2.00 bits per heavy atom. The van der Waals surface area contributed by atoms with Crippen molar-refractivity contribution in [3.63, 3.8) is 0 Å². The van der Waals surface area contributed by atoms with E-state index in [9.17, 15) is 15.0 Å². The summed E-state index contributed by atoms with van der Waals surface area (Å²) in [5, 5.41) is 27.6. The molecule has 0 radical (unpaired) electrons. The number of para-hydroxylation sites is 1. The number of fused-ring (bicyclic) bond motifs is 2. The number of anilines is 2. The number of carbonyl (C=O) groups is 1. The SMILES string of the molecule is O=C(O)c1nc(-c2ccc3c(c2)/C(=N/Nc2nc4ccccc4s2)CCN3)ccc1O. The van der Waals surface area contributed by atoms with E-state index in [4.69, 9.17) is 0 Å². The Labute approximate surface area is 180 Å². The molecule has 5 rings (SSSR count). The number of nitrogens with zero attached hydrogens (tertiary/aromatic N) is 3. The molecule has 4 aromatic rings. The Balaban J connectivity index is 1.49. The van der Waals surface area contributed by atoms with Gasteiger partial charge in [-0.2, -0.15) is 5.10 Å². The summed E-state index contributed by atoms with van der Waals surface area (Å²) in [6.45, 7) is 0.757. The van der Waals surface area contributed by atoms with Crippen LogP contribution in [0.4, 0.5) is 10.8 Å². The molecule has 2 aromatic carbocycles. The first-order chi connectivity index (χ1) is 15.1. The van der Waals surface area contributed by atoms with E-state index in [2.05, 4.69) is 25.8 Å². The van der Waals surface area contributed by atoms with Gasteiger partial charge < -0.3 is 15.5 Å². The second kappa shape index (κ2) is 7.69. The Morgan fingerprint density at radius 3 is 2.84 bits per heavy atom. The van der Waals surface area contributed by atoms with Crippen LogP contribution in [0.2, 0.25) is 0 Å². The number of hydrogen-bond donors (Lipinski definition) is 4. The molecule has 0 amide bonds. The minimum atomic E-state index is -1.28. The maximum atomic E-state index is 11.3. The van der Waals surface area contributed by atoms with Gasteiger partial charge in [-0.25, -0.2) is 14.8 Å². The second-order valence-corrected chi connectivity index (χ2v) is 7.99. The fourth-order valence-corrected chi connectivity index (χ4v) is 4.28. The summed E-state index contributed by atoms with van der Waals surface area (Å²) in [6, 6.07) is 16.6. The molecule has 3 heterocycles. The van der Waals surface area contributed by atoms with Crippen LogP contribution in [0.5, 0.6) is 5.75 Å². The van der Waals surface area contributed by atoms with Crippen LogP contribution in [-0.4, -0.2) is 38.4 Å². The van der Waals surface area contributed by atoms with Gasteiger partial charge >= 0.3 is 5.97 Å². The van der Waals surface area contributed by atoms with Gasteiger partial charge in [0.25, 0.3) is 0 Å². The maximum Gasteiger partial charge on any atom is 0.358 e. The quantitative estimate of drug-likeness (QED) is 0.354. The fourth-order valence-electron chi connectivity index (χ4n) is 3.47. The summed E-state index contributed by atoms with van der Waals surface area (Å²) < 4.78 is 1.09. The van der Waals surface area contributed by atoms with Crippen LogP contribution in [0.1, 0.15) is 22.5 Å². The molecule has 0 spiro atoms. The number of thiazole rings is 1. The predicted octanol–water partition coefficient (Wildman–Crippen LogP) is 4.39. The molecule has 0 fully saturated rings. The number of carboxylic acid groups (broad SMARTS) is 1. The van der Waals surface area contributed by atoms with Crippen LogP contribution in [0, 0.1) is 0 Å². The van der Waals surface area contributed by atoms with Gasteiger partial charge in [0.1, 0.15) is 5.75 Å². The van der Waals surface area contributed by atoms with E-state index < -0.39 is 5.97 Å². The molecule has 9 heteroatoms. The van der Waals surface area contributed by atoms with E-state index in [0.29, 0.717) is 5.69 Å². The van der Waals surface area contributed by atoms with Crippen molar-refractivity contribution in [2.75, 3.05) is 17.3 Å². The van der Waals surface area contributed by atoms with Gasteiger partial charge in [0.05, 0.1) is 21.6 Å². The Hall–Kier alpha value is -3.98. The van der Waals surface area contributed by atoms with Gasteiger partial charge in [-0.15, -0.1) is 0 Å². The van der Waals surface area contributed by atoms with E-state index in [-0.39, 0.29) is 11.4 Å². The summed E-state index contributed by atoms with van der Waals surface area (Å²) in [7, 11) is 0. The molecule has 0 unspecified atom stereocenters. The van der Waals surface area contributed by atoms with Gasteiger partial charge in [0.2, 0.25) is 5.13 Å². The zero-order chi connectivity index (χ0) is 21.4. The Morgan fingerprint density at radius 1 is 1.13 bits per heavy atom. The number of hydrogen-bond acceptors (Lipinski definition) is 8. The minimum absolute atomic E-state index is 0.363. The van der Waals surface area contributed by atoms with Gasteiger partial charge in [0, 0.05) is 29.8 Å². The van der Waals surface area contributed by atoms with E-state index in [1.807, 2.05) is 42.5 Å². The molecular weight excluding hydrogens is 414 g/mol. The van der Waals surface area contributed by atoms with Gasteiger partial charge in [-0.1, -0.05) is 29.5 Å². The lowest BCUT2D eigenvalue weighted by molar-refractivity contribution is 0.0687. The number of aromatic nitrogens is 2. The number of nitrogens with one attached hydrogen (secondary N) is 2. The highest BCUT2D eigenvalue weighted by atomic mass is 32.1. The fraction of sp³-hybridized carbons (Fsp3) is 0.0909. The number of pyridine rings is 1. The third-order valence-electron chi connectivity index (χ3n) is 4.96. The number of carboxylic acids is 1. The summed E-state index contributed by atoms with van der Waals surface area (Å²) >= 11 is 1.54. The van der Waals surface area contributed by atoms with Crippen molar-refractivity contribution in [3.05, 3.63) is 65.9 Å². The smallest absolute Gasteiger partial charge is 0.358 e. The van der Waals surface area contributed by atoms with Gasteiger partial charge in [0.15, 0.2) is 5.69 Å². The van der Waals surface area contributed by atoms with Crippen molar-refractivity contribution < 1.29 is 15.0 Å². The third-order valence-corrected chi connectivity index (χ3v) is 5.90. The first-order valence-corrected chi connectivity index (χ1v) is 10.4. The lowest BCUT2D eigenvalue weighted by Gasteiger charge is -2.20. The number of aromatic hydroxyl groups is 1. The van der Waals surface area contributed by atoms with Crippen LogP contribution >= 0.6 is 11.3 Å². The molecule has 154 valence electrons. The summed E-state index contributed by atoms with van der Waals surface area (Å²) in [4.78, 5) is 20.0. The number of hydrazone groups is 1. The van der Waals surface area contributed by atoms with E-state index in [0.717, 1.165) is 50.8 Å². The average molecular weight is 431 g/mol. The van der Waals surface area contributed by atoms with Crippen molar-refractivity contribution in [3.8, 4) is 17.0 Å². The Bertz CT molecular complexity index is 1320. The van der Waals surface area contributed by atoms with Crippen molar-refractivity contribution in [1.29, 1.82) is 0 Å². The lowest BCUT2D eigenvalue weighted by atomic mass is 9.97. The van der Waals surface area contributed by atoms with Crippen molar-refractivity contribution in [1.82, 2.24) is 9.97 Å². The number of aromatic carboxylic acids is 1. The first kappa shape index (κ1) is 19.0. The summed E-state index contributed by atoms with van der Waals surface area (Å²) in [6.07, 6.45) is 0.720. The van der Waals surface area contributed by atoms with Crippen molar-refractivity contribution in [2.24, 2.45) is 5.10 Å². The van der Waals surface area contributed by atoms with E-state index in [1.54, 1.807) is 6.07 Å². The van der Waals surface area contributed by atoms with Crippen molar-refractivity contribution in [2.45, 2.75) is 6.42 Å². The molecule has 0 atom stereocenters. The van der Waals surface area contributed by atoms with Crippen LogP contribution < -0.4 is 10.7 Å².